The molecule has 12 heteroatoms. The Kier molecular flexibility index (Phi) is 4.68. The van der Waals surface area contributed by atoms with Crippen LogP contribution < -0.4 is 5.32 Å². The van der Waals surface area contributed by atoms with Crippen molar-refractivity contribution >= 4 is 33.0 Å². The Labute approximate surface area is 194 Å². The third-order valence-electron chi connectivity index (χ3n) is 5.46. The second-order valence-electron chi connectivity index (χ2n) is 7.85. The van der Waals surface area contributed by atoms with Crippen molar-refractivity contribution in [3.8, 4) is 0 Å². The van der Waals surface area contributed by atoms with E-state index in [1.54, 1.807) is 21.2 Å². The number of hydrogen-bond donors (Lipinski definition) is 1. The van der Waals surface area contributed by atoms with E-state index in [-0.39, 0.29) is 30.3 Å². The third kappa shape index (κ3) is 3.75. The highest BCUT2D eigenvalue weighted by molar-refractivity contribution is 9.10. The number of aromatic nitrogens is 7. The van der Waals surface area contributed by atoms with Crippen LogP contribution in [0.2, 0.25) is 0 Å². The zero-order valence-corrected chi connectivity index (χ0v) is 18.7. The minimum absolute atomic E-state index is 0.00184. The fourth-order valence-corrected chi connectivity index (χ4v) is 3.96. The van der Waals surface area contributed by atoms with Crippen LogP contribution in [-0.4, -0.2) is 40.1 Å². The summed E-state index contributed by atoms with van der Waals surface area (Å²) in [6.07, 6.45) is 7.60. The molecule has 0 bridgehead atoms. The lowest BCUT2D eigenvalue weighted by Crippen LogP contribution is -2.23. The highest BCUT2D eigenvalue weighted by atomic mass is 79.9. The summed E-state index contributed by atoms with van der Waals surface area (Å²) in [6.45, 7) is 0.00184. The first-order valence-electron chi connectivity index (χ1n) is 10.3. The molecule has 0 radical (unpaired) electrons. The largest absolute Gasteiger partial charge is 0.416 e. The molecule has 1 fully saturated rings. The molecule has 0 unspecified atom stereocenters. The summed E-state index contributed by atoms with van der Waals surface area (Å²) < 4.78 is 23.5. The third-order valence-corrected chi connectivity index (χ3v) is 6.08. The summed E-state index contributed by atoms with van der Waals surface area (Å²) in [5.74, 6) is -0.404. The maximum absolute atomic E-state index is 14.4. The van der Waals surface area contributed by atoms with E-state index in [2.05, 4.69) is 46.5 Å². The van der Waals surface area contributed by atoms with Gasteiger partial charge >= 0.3 is 11.8 Å². The van der Waals surface area contributed by atoms with Gasteiger partial charge in [0.15, 0.2) is 11.5 Å². The molecule has 0 saturated heterocycles. The second kappa shape index (κ2) is 7.73. The van der Waals surface area contributed by atoms with Crippen LogP contribution in [0.1, 0.15) is 52.4 Å². The summed E-state index contributed by atoms with van der Waals surface area (Å²) in [5.41, 5.74) is 3.17. The van der Waals surface area contributed by atoms with Crippen molar-refractivity contribution in [3.05, 3.63) is 76.1 Å². The maximum Gasteiger partial charge on any atom is 0.309 e. The molecule has 1 aliphatic carbocycles. The number of amides is 1. The molecule has 6 rings (SSSR count). The molecule has 10 nitrogen and oxygen atoms in total. The van der Waals surface area contributed by atoms with Crippen molar-refractivity contribution in [1.82, 2.24) is 39.5 Å². The van der Waals surface area contributed by atoms with Crippen molar-refractivity contribution in [2.24, 2.45) is 0 Å². The van der Waals surface area contributed by atoms with E-state index in [0.29, 0.717) is 21.8 Å². The van der Waals surface area contributed by atoms with Gasteiger partial charge in [-0.1, -0.05) is 0 Å². The summed E-state index contributed by atoms with van der Waals surface area (Å²) in [4.78, 5) is 21.2. The van der Waals surface area contributed by atoms with Gasteiger partial charge in [-0.25, -0.2) is 18.9 Å². The van der Waals surface area contributed by atoms with Crippen LogP contribution in [0, 0.1) is 5.82 Å². The van der Waals surface area contributed by atoms with Gasteiger partial charge in [-0.15, -0.1) is 10.2 Å². The van der Waals surface area contributed by atoms with E-state index < -0.39 is 11.7 Å². The first-order chi connectivity index (χ1) is 16.0. The van der Waals surface area contributed by atoms with Crippen LogP contribution in [0.5, 0.6) is 0 Å². The normalized spacial score (nSPS) is 13.8. The minimum Gasteiger partial charge on any atom is -0.416 e. The Hall–Kier alpha value is -3.67. The number of imidazole rings is 2. The van der Waals surface area contributed by atoms with Crippen LogP contribution in [0.15, 0.2) is 45.8 Å². The van der Waals surface area contributed by atoms with Crippen molar-refractivity contribution in [1.29, 1.82) is 0 Å². The predicted molar refractivity (Wildman–Crippen MR) is 116 cm³/mol. The molecule has 5 aromatic rings. The summed E-state index contributed by atoms with van der Waals surface area (Å²) in [7, 11) is 0. The fourth-order valence-electron chi connectivity index (χ4n) is 3.65. The molecule has 166 valence electrons. The molecular formula is C21H16BrFN8O2. The van der Waals surface area contributed by atoms with Gasteiger partial charge in [-0.2, -0.15) is 5.10 Å². The summed E-state index contributed by atoms with van der Waals surface area (Å²) in [5, 5.41) is 15.0. The second-order valence-corrected chi connectivity index (χ2v) is 8.71. The van der Waals surface area contributed by atoms with E-state index in [0.717, 1.165) is 11.3 Å². The van der Waals surface area contributed by atoms with Gasteiger partial charge in [0.2, 0.25) is 5.89 Å². The number of nitrogens with zero attached hydrogens (tertiary/aromatic N) is 7. The van der Waals surface area contributed by atoms with Gasteiger partial charge in [-0.05, 0) is 47.0 Å². The number of fused-ring (bicyclic) bond motifs is 2. The highest BCUT2D eigenvalue weighted by Gasteiger charge is 2.25. The van der Waals surface area contributed by atoms with Crippen molar-refractivity contribution < 1.29 is 13.6 Å². The predicted octanol–water partition coefficient (Wildman–Crippen LogP) is 3.06. The van der Waals surface area contributed by atoms with E-state index in [9.17, 15) is 9.18 Å². The minimum atomic E-state index is -0.573. The molecule has 33 heavy (non-hydrogen) atoms. The van der Waals surface area contributed by atoms with Crippen LogP contribution in [-0.2, 0) is 13.0 Å². The summed E-state index contributed by atoms with van der Waals surface area (Å²) in [6, 6.07) is 5.53. The Morgan fingerprint density at radius 1 is 1.27 bits per heavy atom. The Bertz CT molecular complexity index is 1520. The van der Waals surface area contributed by atoms with Gasteiger partial charge in [0.1, 0.15) is 5.52 Å². The standard InChI is InChI=1S/C21H16BrFN8O2/c22-13-5-6-30-10-25-15(19(30)18(13)23)8-24-20(32)21-28-27-17(33-21)7-12-9-31-16(26-12)4-3-14(29-31)11-1-2-11/h3-6,9-11H,1-2,7-8H2,(H,24,32). The van der Waals surface area contributed by atoms with Gasteiger partial charge in [0, 0.05) is 12.1 Å². The lowest BCUT2D eigenvalue weighted by Gasteiger charge is -2.03. The molecule has 1 N–H and O–H groups in total. The summed E-state index contributed by atoms with van der Waals surface area (Å²) >= 11 is 3.16. The number of carbonyl (C=O) groups excluding carboxylic acids is 1. The van der Waals surface area contributed by atoms with Crippen LogP contribution in [0.4, 0.5) is 4.39 Å². The average Bonchev–Trinajstić information content (AvgIpc) is 3.23. The molecule has 0 atom stereocenters. The lowest BCUT2D eigenvalue weighted by atomic mass is 10.3. The number of carbonyl (C=O) groups is 1. The average molecular weight is 511 g/mol. The Balaban J connectivity index is 1.14. The molecule has 1 aliphatic rings. The molecule has 0 aliphatic heterocycles. The van der Waals surface area contributed by atoms with E-state index in [1.807, 2.05) is 18.3 Å². The molecule has 0 aromatic carbocycles. The maximum atomic E-state index is 14.4. The Morgan fingerprint density at radius 2 is 2.15 bits per heavy atom. The molecule has 1 saturated carbocycles. The molecule has 5 heterocycles. The fraction of sp³-hybridized carbons (Fsp3) is 0.238. The first-order valence-corrected chi connectivity index (χ1v) is 11.1. The highest BCUT2D eigenvalue weighted by Crippen LogP contribution is 2.38. The van der Waals surface area contributed by atoms with Gasteiger partial charge in [-0.3, -0.25) is 4.79 Å². The van der Waals surface area contributed by atoms with Gasteiger partial charge in [0.05, 0.1) is 47.0 Å². The van der Waals surface area contributed by atoms with Crippen molar-refractivity contribution in [2.75, 3.05) is 0 Å². The smallest absolute Gasteiger partial charge is 0.309 e. The number of hydrogen-bond acceptors (Lipinski definition) is 7. The number of halogens is 2. The van der Waals surface area contributed by atoms with Gasteiger partial charge < -0.3 is 14.1 Å². The van der Waals surface area contributed by atoms with Gasteiger partial charge in [0.25, 0.3) is 0 Å². The Morgan fingerprint density at radius 3 is 3.00 bits per heavy atom. The van der Waals surface area contributed by atoms with Crippen LogP contribution in [0.25, 0.3) is 11.2 Å². The topological polar surface area (TPSA) is 116 Å². The van der Waals surface area contributed by atoms with Crippen LogP contribution >= 0.6 is 15.9 Å². The first kappa shape index (κ1) is 20.0. The SMILES string of the molecule is O=C(NCc1ncn2ccc(Br)c(F)c12)c1nnc(Cc2cn3nc(C4CC4)ccc3n2)o1. The van der Waals surface area contributed by atoms with E-state index >= 15 is 0 Å². The molecule has 5 aromatic heterocycles. The zero-order chi connectivity index (χ0) is 22.5. The van der Waals surface area contributed by atoms with Crippen molar-refractivity contribution in [3.63, 3.8) is 0 Å². The number of rotatable bonds is 6. The molecular weight excluding hydrogens is 495 g/mol. The lowest BCUT2D eigenvalue weighted by molar-refractivity contribution is 0.0914. The number of pyridine rings is 1. The van der Waals surface area contributed by atoms with E-state index in [4.69, 9.17) is 4.42 Å². The van der Waals surface area contributed by atoms with Crippen molar-refractivity contribution in [2.45, 2.75) is 31.7 Å². The van der Waals surface area contributed by atoms with E-state index in [1.165, 1.54) is 19.2 Å². The monoisotopic (exact) mass is 510 g/mol. The molecule has 0 spiro atoms. The quantitative estimate of drug-likeness (QED) is 0.373. The van der Waals surface area contributed by atoms with Crippen LogP contribution in [0.3, 0.4) is 0 Å². The zero-order valence-electron chi connectivity index (χ0n) is 17.1. The number of nitrogens with one attached hydrogen (secondary N) is 1. The molecule has 1 amide bonds.